The minimum absolute atomic E-state index is 0.0933. The van der Waals surface area contributed by atoms with Crippen LogP contribution in [0.15, 0.2) is 225 Å². The van der Waals surface area contributed by atoms with Crippen LogP contribution in [-0.4, -0.2) is 15.0 Å². The maximum Gasteiger partial charge on any atom is 0.213 e. The first-order valence-electron chi connectivity index (χ1n) is 30.9. The molecule has 3 aliphatic carbocycles. The summed E-state index contributed by atoms with van der Waals surface area (Å²) in [7, 11) is 6.32. The Morgan fingerprint density at radius 3 is 0.955 bits per heavy atom. The number of pyridine rings is 6. The molecule has 0 unspecified atom stereocenters. The molecule has 89 heavy (non-hydrogen) atoms. The normalized spacial score (nSPS) is 13.8. The number of aryl methyl sites for hydroxylation is 7. The molecule has 0 bridgehead atoms. The fourth-order valence-electron chi connectivity index (χ4n) is 14.0. The highest BCUT2D eigenvalue weighted by molar-refractivity contribution is 5.87. The van der Waals surface area contributed by atoms with Gasteiger partial charge in [0, 0.05) is 105 Å². The van der Waals surface area contributed by atoms with E-state index in [9.17, 15) is 4.39 Å². The number of aromatic nitrogens is 6. The maximum atomic E-state index is 13.4. The summed E-state index contributed by atoms with van der Waals surface area (Å²) in [6.45, 7) is 22.4. The summed E-state index contributed by atoms with van der Waals surface area (Å²) in [5, 5.41) is 0. The molecule has 0 N–H and O–H groups in total. The highest BCUT2D eigenvalue weighted by Crippen LogP contribution is 2.52. The van der Waals surface area contributed by atoms with E-state index in [1.807, 2.05) is 48.9 Å². The van der Waals surface area contributed by atoms with Crippen LogP contribution < -0.4 is 13.7 Å². The minimum atomic E-state index is -0.217. The fourth-order valence-corrected chi connectivity index (χ4v) is 14.0. The van der Waals surface area contributed by atoms with Crippen molar-refractivity contribution in [3.63, 3.8) is 0 Å². The highest BCUT2D eigenvalue weighted by atomic mass is 19.1. The van der Waals surface area contributed by atoms with Gasteiger partial charge in [0.15, 0.2) is 18.6 Å². The van der Waals surface area contributed by atoms with Gasteiger partial charge in [0.05, 0.1) is 17.1 Å². The predicted octanol–water partition coefficient (Wildman–Crippen LogP) is 18.0. The Labute approximate surface area is 524 Å². The van der Waals surface area contributed by atoms with Crippen molar-refractivity contribution in [1.29, 1.82) is 0 Å². The van der Waals surface area contributed by atoms with Crippen molar-refractivity contribution in [3.05, 3.63) is 287 Å². The Morgan fingerprint density at radius 1 is 0.303 bits per heavy atom. The standard InChI is InChI=1S/C28H27N2.C27H24FN2.C27H25N2/c1-18-8-10-20(11-9-18)21-12-14-30(5)26(16-21)23-17-25-24(15-19(23)2)22-7-6-13-29-27(22)28(25,3)4;1-17-14-23-21-6-5-12-29-26(21)27(2,3)24(23)16-22(17)25-15-19(11-13-30(25)4)18-7-9-20(28)10-8-18;1-18-15-23-21-11-8-13-28-26(21)27(2,3)24(23)17-22(18)25-16-20(12-14-29(25)4)19-9-6-5-7-10-19/h6-17H,1-5H3;5-16H,1-4H3;5-17H,1-4H3/q3*+1. The summed E-state index contributed by atoms with van der Waals surface area (Å²) in [5.74, 6) is -0.217. The van der Waals surface area contributed by atoms with Crippen molar-refractivity contribution >= 4 is 0 Å². The molecule has 0 radical (unpaired) electrons. The van der Waals surface area contributed by atoms with Gasteiger partial charge in [0.25, 0.3) is 0 Å². The van der Waals surface area contributed by atoms with Crippen molar-refractivity contribution in [2.45, 2.75) is 85.5 Å². The molecule has 6 heterocycles. The quantitative estimate of drug-likeness (QED) is 0.156. The molecule has 6 aromatic heterocycles. The first-order chi connectivity index (χ1) is 42.7. The first-order valence-corrected chi connectivity index (χ1v) is 30.9. The van der Waals surface area contributed by atoms with Gasteiger partial charge < -0.3 is 0 Å². The molecule has 0 atom stereocenters. The third-order valence-electron chi connectivity index (χ3n) is 19.1. The second kappa shape index (κ2) is 22.4. The number of halogens is 1. The monoisotopic (exact) mass is 1160 g/mol. The van der Waals surface area contributed by atoms with Crippen LogP contribution in [0.1, 0.15) is 97.6 Å². The molecule has 0 aliphatic heterocycles. The van der Waals surface area contributed by atoms with E-state index in [1.165, 1.54) is 146 Å². The third-order valence-corrected chi connectivity index (χ3v) is 19.1. The third kappa shape index (κ3) is 10.3. The van der Waals surface area contributed by atoms with E-state index in [4.69, 9.17) is 15.0 Å². The highest BCUT2D eigenvalue weighted by Gasteiger charge is 2.41. The summed E-state index contributed by atoms with van der Waals surface area (Å²) in [6.07, 6.45) is 12.1. The van der Waals surface area contributed by atoms with Crippen LogP contribution in [0.25, 0.3) is 101 Å². The molecule has 15 rings (SSSR count). The molecule has 438 valence electrons. The van der Waals surface area contributed by atoms with Gasteiger partial charge in [-0.1, -0.05) is 150 Å². The molecule has 6 aromatic carbocycles. The molecule has 3 aliphatic rings. The predicted molar refractivity (Wildman–Crippen MR) is 360 cm³/mol. The smallest absolute Gasteiger partial charge is 0.213 e. The van der Waals surface area contributed by atoms with Crippen molar-refractivity contribution in [3.8, 4) is 101 Å². The van der Waals surface area contributed by atoms with Crippen LogP contribution in [0.5, 0.6) is 0 Å². The molecule has 0 saturated carbocycles. The number of benzene rings is 6. The second-order valence-corrected chi connectivity index (χ2v) is 26.2. The Hall–Kier alpha value is -9.85. The topological polar surface area (TPSA) is 50.3 Å². The lowest BCUT2D eigenvalue weighted by atomic mass is 9.83. The van der Waals surface area contributed by atoms with Crippen LogP contribution in [0.2, 0.25) is 0 Å². The van der Waals surface area contributed by atoms with Crippen LogP contribution in [0.4, 0.5) is 4.39 Å². The lowest BCUT2D eigenvalue weighted by molar-refractivity contribution is -0.660. The summed E-state index contributed by atoms with van der Waals surface area (Å²) >= 11 is 0. The lowest BCUT2D eigenvalue weighted by Crippen LogP contribution is -2.30. The summed E-state index contributed by atoms with van der Waals surface area (Å²) in [4.78, 5) is 14.2. The van der Waals surface area contributed by atoms with Gasteiger partial charge in [-0.2, -0.15) is 0 Å². The van der Waals surface area contributed by atoms with Crippen molar-refractivity contribution < 1.29 is 18.1 Å². The molecule has 0 fully saturated rings. The van der Waals surface area contributed by atoms with Gasteiger partial charge in [-0.15, -0.1) is 0 Å². The van der Waals surface area contributed by atoms with E-state index in [0.29, 0.717) is 0 Å². The van der Waals surface area contributed by atoms with Gasteiger partial charge in [0.2, 0.25) is 17.1 Å². The van der Waals surface area contributed by atoms with Gasteiger partial charge in [-0.25, -0.2) is 18.1 Å². The molecular weight excluding hydrogens is 1090 g/mol. The Kier molecular flexibility index (Phi) is 14.6. The van der Waals surface area contributed by atoms with E-state index in [-0.39, 0.29) is 22.1 Å². The Morgan fingerprint density at radius 2 is 0.618 bits per heavy atom. The van der Waals surface area contributed by atoms with Crippen LogP contribution in [-0.2, 0) is 37.4 Å². The number of hydrogen-bond acceptors (Lipinski definition) is 3. The molecular formula is C82H76FN6+3. The van der Waals surface area contributed by atoms with Crippen LogP contribution in [0.3, 0.4) is 0 Å². The summed E-state index contributed by atoms with van der Waals surface area (Å²) in [6, 6.07) is 66.0. The Bertz CT molecular complexity index is 4560. The van der Waals surface area contributed by atoms with Gasteiger partial charge in [0.1, 0.15) is 27.0 Å². The summed E-state index contributed by atoms with van der Waals surface area (Å²) in [5.41, 5.74) is 34.4. The number of rotatable bonds is 6. The average Bonchev–Trinajstić information content (AvgIpc) is 1.69. The molecule has 0 spiro atoms. The molecule has 6 nitrogen and oxygen atoms in total. The zero-order valence-corrected chi connectivity index (χ0v) is 53.4. The molecule has 0 amide bonds. The lowest BCUT2D eigenvalue weighted by Gasteiger charge is -2.21. The van der Waals surface area contributed by atoms with Gasteiger partial charge >= 0.3 is 0 Å². The first kappa shape index (κ1) is 58.2. The zero-order valence-electron chi connectivity index (χ0n) is 53.4. The molecule has 0 saturated heterocycles. The number of nitrogens with zero attached hydrogens (tertiary/aromatic N) is 6. The average molecular weight is 1160 g/mol. The number of hydrogen-bond donors (Lipinski definition) is 0. The van der Waals surface area contributed by atoms with Gasteiger partial charge in [-0.3, -0.25) is 15.0 Å². The van der Waals surface area contributed by atoms with Crippen molar-refractivity contribution in [2.75, 3.05) is 0 Å². The van der Waals surface area contributed by atoms with Crippen molar-refractivity contribution in [2.24, 2.45) is 21.1 Å². The largest absolute Gasteiger partial charge is 0.260 e. The van der Waals surface area contributed by atoms with E-state index < -0.39 is 0 Å². The van der Waals surface area contributed by atoms with E-state index in [0.717, 1.165) is 22.5 Å². The van der Waals surface area contributed by atoms with E-state index >= 15 is 0 Å². The van der Waals surface area contributed by atoms with E-state index in [2.05, 4.69) is 268 Å². The fraction of sp³-hybridized carbons (Fsp3) is 0.195. The SMILES string of the molecule is Cc1cc2c(cc1-c1cc(-c3ccc(F)cc3)cc[n+]1C)C(C)(C)c1ncccc1-2.Cc1cc2c(cc1-c1cc(-c3ccccc3)cc[n+]1C)C(C)(C)c1ncccc1-2.Cc1ccc(-c2cc[n+](C)c(-c3cc4c(cc3C)-c3cccnc3C4(C)C)c2)cc1. The van der Waals surface area contributed by atoms with E-state index in [1.54, 1.807) is 0 Å². The minimum Gasteiger partial charge on any atom is -0.260 e. The van der Waals surface area contributed by atoms with Crippen molar-refractivity contribution in [1.82, 2.24) is 15.0 Å². The van der Waals surface area contributed by atoms with Crippen LogP contribution >= 0.6 is 0 Å². The van der Waals surface area contributed by atoms with Gasteiger partial charge in [-0.05, 0) is 160 Å². The molecule has 7 heteroatoms. The summed E-state index contributed by atoms with van der Waals surface area (Å²) < 4.78 is 20.0. The number of fused-ring (bicyclic) bond motifs is 9. The molecule has 12 aromatic rings. The zero-order chi connectivity index (χ0) is 62.3. The van der Waals surface area contributed by atoms with Crippen LogP contribution in [0, 0.1) is 33.5 Å². The second-order valence-electron chi connectivity index (χ2n) is 26.2. The maximum absolute atomic E-state index is 13.4. The Balaban J connectivity index is 0.000000123.